The van der Waals surface area contributed by atoms with Crippen molar-refractivity contribution in [2.45, 2.75) is 39.3 Å². The van der Waals surface area contributed by atoms with E-state index in [1.165, 1.54) is 12.8 Å². The molecule has 1 aliphatic heterocycles. The van der Waals surface area contributed by atoms with Gasteiger partial charge >= 0.3 is 0 Å². The maximum atomic E-state index is 10.9. The van der Waals surface area contributed by atoms with Crippen LogP contribution in [0, 0.1) is 16.0 Å². The van der Waals surface area contributed by atoms with Crippen molar-refractivity contribution in [3.63, 3.8) is 0 Å². The second kappa shape index (κ2) is 6.22. The lowest BCUT2D eigenvalue weighted by atomic mass is 9.91. The van der Waals surface area contributed by atoms with Gasteiger partial charge in [0.25, 0.3) is 5.69 Å². The van der Waals surface area contributed by atoms with Crippen molar-refractivity contribution in [3.8, 4) is 0 Å². The highest BCUT2D eigenvalue weighted by Crippen LogP contribution is 2.28. The van der Waals surface area contributed by atoms with E-state index < -0.39 is 0 Å². The first kappa shape index (κ1) is 14.8. The monoisotopic (exact) mass is 277 g/mol. The Morgan fingerprint density at radius 2 is 2.20 bits per heavy atom. The van der Waals surface area contributed by atoms with Gasteiger partial charge in [-0.3, -0.25) is 15.0 Å². The van der Waals surface area contributed by atoms with Gasteiger partial charge in [0, 0.05) is 25.7 Å². The Bertz CT molecular complexity index is 490. The van der Waals surface area contributed by atoms with Crippen LogP contribution in [0.5, 0.6) is 0 Å². The van der Waals surface area contributed by atoms with E-state index in [2.05, 4.69) is 24.1 Å². The molecule has 0 amide bonds. The van der Waals surface area contributed by atoms with Crippen molar-refractivity contribution in [1.82, 2.24) is 4.90 Å². The van der Waals surface area contributed by atoms with E-state index in [0.717, 1.165) is 18.7 Å². The molecule has 20 heavy (non-hydrogen) atoms. The van der Waals surface area contributed by atoms with Crippen molar-refractivity contribution in [1.29, 1.82) is 0 Å². The van der Waals surface area contributed by atoms with Crippen molar-refractivity contribution in [3.05, 3.63) is 33.9 Å². The first-order valence-corrected chi connectivity index (χ1v) is 7.22. The Labute approximate surface area is 120 Å². The Hall–Kier alpha value is -1.62. The van der Waals surface area contributed by atoms with E-state index in [1.54, 1.807) is 13.1 Å². The molecule has 2 rings (SSSR count). The lowest BCUT2D eigenvalue weighted by molar-refractivity contribution is -0.384. The van der Waals surface area contributed by atoms with Crippen LogP contribution in [0.15, 0.2) is 18.2 Å². The number of benzene rings is 1. The van der Waals surface area contributed by atoms with Gasteiger partial charge in [-0.15, -0.1) is 0 Å². The normalized spacial score (nSPS) is 23.6. The van der Waals surface area contributed by atoms with E-state index >= 15 is 0 Å². The minimum Gasteiger partial charge on any atom is -0.383 e. The summed E-state index contributed by atoms with van der Waals surface area (Å²) in [6.45, 7) is 6.54. The minimum absolute atomic E-state index is 0.135. The van der Waals surface area contributed by atoms with Crippen molar-refractivity contribution in [2.24, 2.45) is 5.92 Å². The molecule has 0 aliphatic carbocycles. The average molecular weight is 277 g/mol. The number of hydrogen-bond acceptors (Lipinski definition) is 4. The van der Waals surface area contributed by atoms with Crippen LogP contribution in [0.3, 0.4) is 0 Å². The number of nitro benzene ring substituents is 1. The molecular weight excluding hydrogens is 254 g/mol. The van der Waals surface area contributed by atoms with E-state index in [1.807, 2.05) is 12.1 Å². The van der Waals surface area contributed by atoms with Gasteiger partial charge in [-0.2, -0.15) is 0 Å². The summed E-state index contributed by atoms with van der Waals surface area (Å²) in [5.41, 5.74) is 1.85. The van der Waals surface area contributed by atoms with Crippen LogP contribution in [0.2, 0.25) is 0 Å². The molecule has 1 aromatic rings. The third-order valence-electron chi connectivity index (χ3n) is 4.42. The summed E-state index contributed by atoms with van der Waals surface area (Å²) in [7, 11) is 1.72. The summed E-state index contributed by atoms with van der Waals surface area (Å²) in [5, 5.41) is 13.8. The molecule has 1 saturated heterocycles. The number of rotatable bonds is 4. The number of anilines is 1. The maximum Gasteiger partial charge on any atom is 0.292 e. The standard InChI is InChI=1S/C15H23N3O2/c1-11-5-4-8-17(12(11)2)10-13-6-7-15(18(19)20)14(9-13)16-3/h6-7,9,11-12,16H,4-5,8,10H2,1-3H3. The second-order valence-corrected chi connectivity index (χ2v) is 5.69. The molecule has 5 nitrogen and oxygen atoms in total. The van der Waals surface area contributed by atoms with Gasteiger partial charge < -0.3 is 5.32 Å². The third-order valence-corrected chi connectivity index (χ3v) is 4.42. The van der Waals surface area contributed by atoms with Crippen molar-refractivity contribution < 1.29 is 4.92 Å². The van der Waals surface area contributed by atoms with E-state index in [-0.39, 0.29) is 10.6 Å². The zero-order valence-electron chi connectivity index (χ0n) is 12.4. The number of nitro groups is 1. The quantitative estimate of drug-likeness (QED) is 0.678. The summed E-state index contributed by atoms with van der Waals surface area (Å²) in [6, 6.07) is 5.92. The van der Waals surface area contributed by atoms with Gasteiger partial charge in [0.1, 0.15) is 5.69 Å². The minimum atomic E-state index is -0.346. The number of nitrogens with one attached hydrogen (secondary N) is 1. The van der Waals surface area contributed by atoms with Crippen molar-refractivity contribution >= 4 is 11.4 Å². The summed E-state index contributed by atoms with van der Waals surface area (Å²) < 4.78 is 0. The van der Waals surface area contributed by atoms with Gasteiger partial charge in [0.2, 0.25) is 0 Å². The highest BCUT2D eigenvalue weighted by molar-refractivity contribution is 5.62. The predicted molar refractivity (Wildman–Crippen MR) is 80.9 cm³/mol. The summed E-state index contributed by atoms with van der Waals surface area (Å²) in [5.74, 6) is 0.713. The Morgan fingerprint density at radius 1 is 1.45 bits per heavy atom. The first-order chi connectivity index (χ1) is 9.52. The summed E-state index contributed by atoms with van der Waals surface area (Å²) >= 11 is 0. The van der Waals surface area contributed by atoms with Gasteiger partial charge in [0.15, 0.2) is 0 Å². The molecule has 0 saturated carbocycles. The highest BCUT2D eigenvalue weighted by atomic mass is 16.6. The smallest absolute Gasteiger partial charge is 0.292 e. The lowest BCUT2D eigenvalue weighted by Crippen LogP contribution is -2.41. The van der Waals surface area contributed by atoms with Gasteiger partial charge in [0.05, 0.1) is 4.92 Å². The first-order valence-electron chi connectivity index (χ1n) is 7.22. The van der Waals surface area contributed by atoms with Crippen LogP contribution >= 0.6 is 0 Å². The second-order valence-electron chi connectivity index (χ2n) is 5.69. The van der Waals surface area contributed by atoms with Crippen LogP contribution in [-0.2, 0) is 6.54 Å². The SMILES string of the molecule is CNc1cc(CN2CCCC(C)C2C)ccc1[N+](=O)[O-]. The van der Waals surface area contributed by atoms with Gasteiger partial charge in [-0.05, 0) is 43.9 Å². The molecule has 0 spiro atoms. The van der Waals surface area contributed by atoms with Crippen LogP contribution < -0.4 is 5.32 Å². The third kappa shape index (κ3) is 3.10. The molecule has 5 heteroatoms. The molecule has 1 aromatic carbocycles. The number of piperidine rings is 1. The molecule has 1 fully saturated rings. The summed E-state index contributed by atoms with van der Waals surface area (Å²) in [4.78, 5) is 13.1. The molecule has 2 atom stereocenters. The van der Waals surface area contributed by atoms with Crippen LogP contribution in [0.4, 0.5) is 11.4 Å². The molecule has 110 valence electrons. The van der Waals surface area contributed by atoms with Crippen LogP contribution in [-0.4, -0.2) is 29.5 Å². The predicted octanol–water partition coefficient (Wildman–Crippen LogP) is 3.26. The molecule has 0 aromatic heterocycles. The average Bonchev–Trinajstić information content (AvgIpc) is 2.43. The fourth-order valence-electron chi connectivity index (χ4n) is 2.92. The van der Waals surface area contributed by atoms with Gasteiger partial charge in [-0.25, -0.2) is 0 Å². The zero-order chi connectivity index (χ0) is 14.7. The Kier molecular flexibility index (Phi) is 4.60. The maximum absolute atomic E-state index is 10.9. The number of nitrogens with zero attached hydrogens (tertiary/aromatic N) is 2. The largest absolute Gasteiger partial charge is 0.383 e. The van der Waals surface area contributed by atoms with E-state index in [4.69, 9.17) is 0 Å². The fraction of sp³-hybridized carbons (Fsp3) is 0.600. The molecule has 2 unspecified atom stereocenters. The lowest BCUT2D eigenvalue weighted by Gasteiger charge is -2.38. The molecule has 1 aliphatic rings. The van der Waals surface area contributed by atoms with E-state index in [9.17, 15) is 10.1 Å². The summed E-state index contributed by atoms with van der Waals surface area (Å²) in [6.07, 6.45) is 2.52. The van der Waals surface area contributed by atoms with Crippen molar-refractivity contribution in [2.75, 3.05) is 18.9 Å². The highest BCUT2D eigenvalue weighted by Gasteiger charge is 2.25. The molecule has 1 N–H and O–H groups in total. The number of hydrogen-bond donors (Lipinski definition) is 1. The Morgan fingerprint density at radius 3 is 2.85 bits per heavy atom. The number of likely N-dealkylation sites (tertiary alicyclic amines) is 1. The topological polar surface area (TPSA) is 58.4 Å². The Balaban J connectivity index is 2.15. The van der Waals surface area contributed by atoms with Crippen LogP contribution in [0.1, 0.15) is 32.3 Å². The molecule has 0 bridgehead atoms. The fourth-order valence-corrected chi connectivity index (χ4v) is 2.92. The zero-order valence-corrected chi connectivity index (χ0v) is 12.4. The van der Waals surface area contributed by atoms with Crippen LogP contribution in [0.25, 0.3) is 0 Å². The molecule has 0 radical (unpaired) electrons. The molecular formula is C15H23N3O2. The van der Waals surface area contributed by atoms with E-state index in [0.29, 0.717) is 17.6 Å². The molecule has 1 heterocycles. The van der Waals surface area contributed by atoms with Gasteiger partial charge in [-0.1, -0.05) is 13.0 Å².